The lowest BCUT2D eigenvalue weighted by Crippen LogP contribution is -2.46. The summed E-state index contributed by atoms with van der Waals surface area (Å²) in [6.45, 7) is 4.38. The first-order valence-corrected chi connectivity index (χ1v) is 8.52. The summed E-state index contributed by atoms with van der Waals surface area (Å²) in [5.41, 5.74) is 0.574. The van der Waals surface area contributed by atoms with Crippen molar-refractivity contribution >= 4 is 17.6 Å². The van der Waals surface area contributed by atoms with Crippen molar-refractivity contribution in [1.29, 1.82) is 5.26 Å². The van der Waals surface area contributed by atoms with Gasteiger partial charge in [0.15, 0.2) is 11.7 Å². The number of nitrogens with one attached hydrogen (secondary N) is 1. The first-order chi connectivity index (χ1) is 11.9. The largest absolute Gasteiger partial charge is 0.352 e. The molecule has 0 saturated carbocycles. The number of hydrogen-bond donors (Lipinski definition) is 1. The topological polar surface area (TPSA) is 90.3 Å². The molecule has 0 aromatic heterocycles. The van der Waals surface area contributed by atoms with Crippen LogP contribution in [0.15, 0.2) is 30.3 Å². The van der Waals surface area contributed by atoms with E-state index in [1.807, 2.05) is 12.1 Å². The Morgan fingerprint density at radius 3 is 2.52 bits per heavy atom. The fourth-order valence-corrected chi connectivity index (χ4v) is 3.01. The smallest absolute Gasteiger partial charge is 0.253 e. The van der Waals surface area contributed by atoms with Crippen molar-refractivity contribution in [2.45, 2.75) is 32.7 Å². The van der Waals surface area contributed by atoms with Gasteiger partial charge in [-0.05, 0) is 38.8 Å². The molecule has 1 aromatic rings. The minimum absolute atomic E-state index is 0.127. The number of hydrogen-bond acceptors (Lipinski definition) is 4. The van der Waals surface area contributed by atoms with Crippen molar-refractivity contribution < 1.29 is 14.4 Å². The molecule has 0 aliphatic carbocycles. The zero-order valence-electron chi connectivity index (χ0n) is 14.6. The Morgan fingerprint density at radius 1 is 1.24 bits per heavy atom. The molecule has 25 heavy (non-hydrogen) atoms. The quantitative estimate of drug-likeness (QED) is 0.827. The van der Waals surface area contributed by atoms with Crippen LogP contribution >= 0.6 is 0 Å². The summed E-state index contributed by atoms with van der Waals surface area (Å²) in [7, 11) is 0. The minimum atomic E-state index is -1.32. The number of carbonyl (C=O) groups is 3. The highest BCUT2D eigenvalue weighted by atomic mass is 16.2. The van der Waals surface area contributed by atoms with Crippen LogP contribution in [0.5, 0.6) is 0 Å². The standard InChI is InChI=1S/C19H23N3O3/c1-13(2)21-18(24)16(11-20)17(23)15-9-6-10-22(12-15)19(25)14-7-4-3-5-8-14/h3-5,7-8,13,15-16H,6,9-10,12H2,1-2H3,(H,21,24). The van der Waals surface area contributed by atoms with Gasteiger partial charge >= 0.3 is 0 Å². The van der Waals surface area contributed by atoms with E-state index in [0.717, 1.165) is 0 Å². The van der Waals surface area contributed by atoms with Crippen LogP contribution < -0.4 is 5.32 Å². The third kappa shape index (κ3) is 4.66. The number of amides is 2. The summed E-state index contributed by atoms with van der Waals surface area (Å²) < 4.78 is 0. The fraction of sp³-hybridized carbons (Fsp3) is 0.474. The maximum Gasteiger partial charge on any atom is 0.253 e. The second-order valence-electron chi connectivity index (χ2n) is 6.58. The van der Waals surface area contributed by atoms with Gasteiger partial charge in [0.1, 0.15) is 0 Å². The van der Waals surface area contributed by atoms with Crippen LogP contribution in [0.2, 0.25) is 0 Å². The van der Waals surface area contributed by atoms with Crippen molar-refractivity contribution in [2.24, 2.45) is 11.8 Å². The van der Waals surface area contributed by atoms with E-state index >= 15 is 0 Å². The molecule has 0 radical (unpaired) electrons. The third-order valence-corrected chi connectivity index (χ3v) is 4.24. The van der Waals surface area contributed by atoms with Crippen molar-refractivity contribution in [3.05, 3.63) is 35.9 Å². The van der Waals surface area contributed by atoms with E-state index in [2.05, 4.69) is 5.32 Å². The van der Waals surface area contributed by atoms with Crippen molar-refractivity contribution in [3.8, 4) is 6.07 Å². The summed E-state index contributed by atoms with van der Waals surface area (Å²) >= 11 is 0. The van der Waals surface area contributed by atoms with E-state index in [-0.39, 0.29) is 18.5 Å². The number of rotatable bonds is 5. The molecule has 1 fully saturated rings. The van der Waals surface area contributed by atoms with Gasteiger partial charge in [0.05, 0.1) is 6.07 Å². The lowest BCUT2D eigenvalue weighted by atomic mass is 9.86. The minimum Gasteiger partial charge on any atom is -0.352 e. The molecule has 1 saturated heterocycles. The maximum atomic E-state index is 12.6. The second kappa shape index (κ2) is 8.43. The number of nitriles is 1. The fourth-order valence-electron chi connectivity index (χ4n) is 3.01. The van der Waals surface area contributed by atoms with Gasteiger partial charge in [-0.15, -0.1) is 0 Å². The van der Waals surface area contributed by atoms with E-state index in [1.165, 1.54) is 0 Å². The Morgan fingerprint density at radius 2 is 1.92 bits per heavy atom. The van der Waals surface area contributed by atoms with Gasteiger partial charge in [0, 0.05) is 30.6 Å². The number of likely N-dealkylation sites (tertiary alicyclic amines) is 1. The van der Waals surface area contributed by atoms with Gasteiger partial charge < -0.3 is 10.2 Å². The van der Waals surface area contributed by atoms with Gasteiger partial charge in [-0.3, -0.25) is 14.4 Å². The molecule has 1 heterocycles. The number of benzene rings is 1. The van der Waals surface area contributed by atoms with Crippen LogP contribution in [0.25, 0.3) is 0 Å². The Kier molecular flexibility index (Phi) is 6.29. The first kappa shape index (κ1) is 18.7. The molecule has 1 aliphatic heterocycles. The van der Waals surface area contributed by atoms with Crippen LogP contribution in [0.4, 0.5) is 0 Å². The highest BCUT2D eigenvalue weighted by molar-refractivity contribution is 6.05. The molecular formula is C19H23N3O3. The van der Waals surface area contributed by atoms with Gasteiger partial charge in [-0.25, -0.2) is 0 Å². The summed E-state index contributed by atoms with van der Waals surface area (Å²) in [6, 6.07) is 10.6. The Hall–Kier alpha value is -2.68. The summed E-state index contributed by atoms with van der Waals surface area (Å²) in [4.78, 5) is 38.9. The summed E-state index contributed by atoms with van der Waals surface area (Å²) in [5.74, 6) is -2.89. The van der Waals surface area contributed by atoms with Crippen molar-refractivity contribution in [1.82, 2.24) is 10.2 Å². The van der Waals surface area contributed by atoms with Crippen LogP contribution in [-0.2, 0) is 9.59 Å². The molecule has 132 valence electrons. The molecule has 2 atom stereocenters. The maximum absolute atomic E-state index is 12.6. The first-order valence-electron chi connectivity index (χ1n) is 8.52. The zero-order valence-corrected chi connectivity index (χ0v) is 14.6. The molecular weight excluding hydrogens is 318 g/mol. The number of ketones is 1. The normalized spacial score (nSPS) is 18.3. The number of nitrogens with zero attached hydrogens (tertiary/aromatic N) is 2. The average molecular weight is 341 g/mol. The van der Waals surface area contributed by atoms with Crippen LogP contribution in [0.1, 0.15) is 37.0 Å². The molecule has 6 nitrogen and oxygen atoms in total. The molecule has 1 N–H and O–H groups in total. The molecule has 0 spiro atoms. The van der Waals surface area contributed by atoms with E-state index in [9.17, 15) is 19.6 Å². The van der Waals surface area contributed by atoms with E-state index in [1.54, 1.807) is 43.0 Å². The highest BCUT2D eigenvalue weighted by Gasteiger charge is 2.36. The molecule has 2 unspecified atom stereocenters. The lowest BCUT2D eigenvalue weighted by Gasteiger charge is -2.32. The molecule has 2 amide bonds. The van der Waals surface area contributed by atoms with Gasteiger partial charge in [0.2, 0.25) is 5.91 Å². The van der Waals surface area contributed by atoms with Crippen molar-refractivity contribution in [2.75, 3.05) is 13.1 Å². The van der Waals surface area contributed by atoms with Crippen molar-refractivity contribution in [3.63, 3.8) is 0 Å². The SMILES string of the molecule is CC(C)NC(=O)C(C#N)C(=O)C1CCCN(C(=O)c2ccccc2)C1. The Balaban J connectivity index is 2.07. The number of Topliss-reactive ketones (excluding diaryl/α,β-unsaturated/α-hetero) is 1. The number of piperidine rings is 1. The monoisotopic (exact) mass is 341 g/mol. The zero-order chi connectivity index (χ0) is 18.4. The third-order valence-electron chi connectivity index (χ3n) is 4.24. The average Bonchev–Trinajstić information content (AvgIpc) is 2.62. The van der Waals surface area contributed by atoms with Crippen LogP contribution in [-0.4, -0.2) is 41.6 Å². The van der Waals surface area contributed by atoms with Gasteiger partial charge in [0.25, 0.3) is 5.91 Å². The van der Waals surface area contributed by atoms with Gasteiger partial charge in [-0.2, -0.15) is 5.26 Å². The molecule has 1 aliphatic rings. The molecule has 6 heteroatoms. The van der Waals surface area contributed by atoms with E-state index in [4.69, 9.17) is 0 Å². The van der Waals surface area contributed by atoms with E-state index in [0.29, 0.717) is 24.9 Å². The molecule has 0 bridgehead atoms. The lowest BCUT2D eigenvalue weighted by molar-refractivity contribution is -0.134. The highest BCUT2D eigenvalue weighted by Crippen LogP contribution is 2.22. The predicted molar refractivity (Wildman–Crippen MR) is 92.5 cm³/mol. The van der Waals surface area contributed by atoms with Crippen LogP contribution in [0.3, 0.4) is 0 Å². The number of carbonyl (C=O) groups excluding carboxylic acids is 3. The Labute approximate surface area is 147 Å². The summed E-state index contributed by atoms with van der Waals surface area (Å²) in [5, 5.41) is 11.9. The Bertz CT molecular complexity index is 679. The second-order valence-corrected chi connectivity index (χ2v) is 6.58. The van der Waals surface area contributed by atoms with Gasteiger partial charge in [-0.1, -0.05) is 18.2 Å². The predicted octanol–water partition coefficient (Wildman–Crippen LogP) is 1.77. The summed E-state index contributed by atoms with van der Waals surface area (Å²) in [6.07, 6.45) is 1.27. The molecule has 1 aromatic carbocycles. The molecule has 2 rings (SSSR count). The van der Waals surface area contributed by atoms with E-state index < -0.39 is 23.5 Å². The van der Waals surface area contributed by atoms with Crippen LogP contribution in [0, 0.1) is 23.2 Å².